The number of carbonyl (C=O) groups excluding carboxylic acids is 1. The van der Waals surface area contributed by atoms with Crippen LogP contribution in [0.2, 0.25) is 0 Å². The van der Waals surface area contributed by atoms with Crippen LogP contribution in [-0.4, -0.2) is 51.2 Å². The number of unbranched alkanes of at least 4 members (excludes halogenated alkanes) is 1. The van der Waals surface area contributed by atoms with E-state index in [1.54, 1.807) is 33.5 Å². The van der Waals surface area contributed by atoms with Gasteiger partial charge in [-0.2, -0.15) is 4.37 Å². The zero-order chi connectivity index (χ0) is 26.9. The molecule has 198 valence electrons. The number of amides is 1. The van der Waals surface area contributed by atoms with Crippen molar-refractivity contribution >= 4 is 34.8 Å². The Hall–Kier alpha value is -4.03. The minimum Gasteiger partial charge on any atom is -0.494 e. The molecule has 2 aromatic carbocycles. The van der Waals surface area contributed by atoms with Crippen LogP contribution >= 0.6 is 11.5 Å². The molecule has 0 aliphatic carbocycles. The number of rotatable bonds is 12. The van der Waals surface area contributed by atoms with E-state index in [1.807, 2.05) is 17.5 Å². The SMILES string of the molecule is COc1cc(N=C(N)N)c(-c2csnc2-c2cc(OC)c(OC)c(OC)c2)cc1NC(=O)CCCCN. The van der Waals surface area contributed by atoms with Crippen LogP contribution in [0.5, 0.6) is 23.0 Å². The maximum Gasteiger partial charge on any atom is 0.224 e. The van der Waals surface area contributed by atoms with Gasteiger partial charge in [-0.25, -0.2) is 4.99 Å². The van der Waals surface area contributed by atoms with Crippen LogP contribution in [0.25, 0.3) is 22.4 Å². The summed E-state index contributed by atoms with van der Waals surface area (Å²) in [6, 6.07) is 7.06. The van der Waals surface area contributed by atoms with Crippen molar-refractivity contribution in [2.45, 2.75) is 19.3 Å². The van der Waals surface area contributed by atoms with Gasteiger partial charge < -0.3 is 41.5 Å². The number of nitrogens with one attached hydrogen (secondary N) is 1. The van der Waals surface area contributed by atoms with Crippen LogP contribution in [0.4, 0.5) is 11.4 Å². The minimum absolute atomic E-state index is 0.126. The lowest BCUT2D eigenvalue weighted by molar-refractivity contribution is -0.116. The van der Waals surface area contributed by atoms with Crippen molar-refractivity contribution in [2.24, 2.45) is 22.2 Å². The summed E-state index contributed by atoms with van der Waals surface area (Å²) in [6.07, 6.45) is 1.78. The number of benzene rings is 2. The Bertz CT molecular complexity index is 1250. The van der Waals surface area contributed by atoms with Gasteiger partial charge in [-0.1, -0.05) is 0 Å². The van der Waals surface area contributed by atoms with E-state index in [1.165, 1.54) is 18.6 Å². The third-order valence-corrected chi connectivity index (χ3v) is 6.13. The van der Waals surface area contributed by atoms with Crippen molar-refractivity contribution in [3.63, 3.8) is 0 Å². The van der Waals surface area contributed by atoms with Gasteiger partial charge in [0.15, 0.2) is 17.5 Å². The van der Waals surface area contributed by atoms with E-state index in [0.717, 1.165) is 17.5 Å². The minimum atomic E-state index is -0.152. The Kier molecular flexibility index (Phi) is 9.52. The van der Waals surface area contributed by atoms with E-state index >= 15 is 0 Å². The van der Waals surface area contributed by atoms with Crippen molar-refractivity contribution in [2.75, 3.05) is 40.3 Å². The number of ether oxygens (including phenoxy) is 4. The van der Waals surface area contributed by atoms with Crippen molar-refractivity contribution in [1.29, 1.82) is 0 Å². The maximum atomic E-state index is 12.6. The van der Waals surface area contributed by atoms with Gasteiger partial charge >= 0.3 is 0 Å². The number of carbonyl (C=O) groups is 1. The summed E-state index contributed by atoms with van der Waals surface area (Å²) in [4.78, 5) is 16.9. The van der Waals surface area contributed by atoms with E-state index in [9.17, 15) is 4.79 Å². The summed E-state index contributed by atoms with van der Waals surface area (Å²) in [7, 11) is 6.14. The lowest BCUT2D eigenvalue weighted by Crippen LogP contribution is -2.22. The van der Waals surface area contributed by atoms with Gasteiger partial charge in [-0.05, 0) is 49.1 Å². The number of anilines is 1. The highest BCUT2D eigenvalue weighted by Crippen LogP contribution is 2.46. The lowest BCUT2D eigenvalue weighted by atomic mass is 9.98. The number of methoxy groups -OCH3 is 4. The molecule has 7 N–H and O–H groups in total. The number of hydrogen-bond acceptors (Lipinski definition) is 9. The first kappa shape index (κ1) is 27.6. The second-order valence-electron chi connectivity index (χ2n) is 7.89. The Morgan fingerprint density at radius 3 is 2.19 bits per heavy atom. The molecule has 0 saturated carbocycles. The highest BCUT2D eigenvalue weighted by Gasteiger charge is 2.21. The van der Waals surface area contributed by atoms with Crippen LogP contribution in [0.1, 0.15) is 19.3 Å². The first-order chi connectivity index (χ1) is 17.9. The topological polar surface area (TPSA) is 169 Å². The Morgan fingerprint density at radius 1 is 0.946 bits per heavy atom. The Morgan fingerprint density at radius 2 is 1.62 bits per heavy atom. The highest BCUT2D eigenvalue weighted by molar-refractivity contribution is 7.04. The van der Waals surface area contributed by atoms with E-state index in [2.05, 4.69) is 14.7 Å². The second-order valence-corrected chi connectivity index (χ2v) is 8.52. The van der Waals surface area contributed by atoms with Gasteiger partial charge in [0.05, 0.1) is 45.5 Å². The van der Waals surface area contributed by atoms with Crippen molar-refractivity contribution < 1.29 is 23.7 Å². The monoisotopic (exact) mass is 528 g/mol. The Balaban J connectivity index is 2.17. The third-order valence-electron chi connectivity index (χ3n) is 5.50. The zero-order valence-corrected chi connectivity index (χ0v) is 22.1. The summed E-state index contributed by atoms with van der Waals surface area (Å²) in [5.74, 6) is 1.57. The van der Waals surface area contributed by atoms with Crippen LogP contribution in [0.15, 0.2) is 34.6 Å². The van der Waals surface area contributed by atoms with Gasteiger partial charge in [0.25, 0.3) is 0 Å². The molecule has 37 heavy (non-hydrogen) atoms. The number of guanidine groups is 1. The Labute approximate surface area is 219 Å². The number of hydrogen-bond donors (Lipinski definition) is 4. The highest BCUT2D eigenvalue weighted by atomic mass is 32.1. The van der Waals surface area contributed by atoms with Gasteiger partial charge in [-0.3, -0.25) is 4.79 Å². The predicted molar refractivity (Wildman–Crippen MR) is 146 cm³/mol. The van der Waals surface area contributed by atoms with E-state index < -0.39 is 0 Å². The normalized spacial score (nSPS) is 10.5. The fourth-order valence-electron chi connectivity index (χ4n) is 3.78. The standard InChI is InChI=1S/C25H32N6O5S/c1-33-19-12-17(30-25(27)28)15(11-18(19)29-22(32)7-5-6-8-26)16-13-37-31-23(16)14-9-20(34-2)24(36-4)21(10-14)35-3/h9-13H,5-8,26H2,1-4H3,(H,29,32)(H4,27,28,30). The van der Waals surface area contributed by atoms with Crippen LogP contribution in [-0.2, 0) is 4.79 Å². The van der Waals surface area contributed by atoms with Crippen LogP contribution < -0.4 is 41.5 Å². The third kappa shape index (κ3) is 6.40. The summed E-state index contributed by atoms with van der Waals surface area (Å²) < 4.78 is 26.6. The largest absolute Gasteiger partial charge is 0.494 e. The van der Waals surface area contributed by atoms with Gasteiger partial charge in [0.2, 0.25) is 11.7 Å². The van der Waals surface area contributed by atoms with Gasteiger partial charge in [0.1, 0.15) is 5.75 Å². The molecular weight excluding hydrogens is 496 g/mol. The van der Waals surface area contributed by atoms with Crippen molar-refractivity contribution in [1.82, 2.24) is 4.37 Å². The second kappa shape index (κ2) is 12.8. The fraction of sp³-hybridized carbons (Fsp3) is 0.320. The molecule has 0 bridgehead atoms. The van der Waals surface area contributed by atoms with Gasteiger partial charge in [0, 0.05) is 34.6 Å². The predicted octanol–water partition coefficient (Wildman–Crippen LogP) is 3.48. The average molecular weight is 529 g/mol. The smallest absolute Gasteiger partial charge is 0.224 e. The molecule has 0 aliphatic heterocycles. The molecule has 0 fully saturated rings. The molecule has 12 heteroatoms. The van der Waals surface area contributed by atoms with E-state index in [-0.39, 0.29) is 11.9 Å². The van der Waals surface area contributed by atoms with Gasteiger partial charge in [-0.15, -0.1) is 0 Å². The van der Waals surface area contributed by atoms with E-state index in [0.29, 0.717) is 65.0 Å². The molecule has 0 unspecified atom stereocenters. The summed E-state index contributed by atoms with van der Waals surface area (Å²) in [6.45, 7) is 0.531. The first-order valence-corrected chi connectivity index (χ1v) is 12.3. The summed E-state index contributed by atoms with van der Waals surface area (Å²) in [5.41, 5.74) is 20.7. The summed E-state index contributed by atoms with van der Waals surface area (Å²) >= 11 is 1.26. The molecule has 1 aromatic heterocycles. The van der Waals surface area contributed by atoms with Crippen molar-refractivity contribution in [3.8, 4) is 45.4 Å². The molecular formula is C25H32N6O5S. The van der Waals surface area contributed by atoms with E-state index in [4.69, 9.17) is 36.1 Å². The quantitative estimate of drug-likeness (QED) is 0.156. The molecule has 0 radical (unpaired) electrons. The molecule has 11 nitrogen and oxygen atoms in total. The lowest BCUT2D eigenvalue weighted by Gasteiger charge is -2.16. The average Bonchev–Trinajstić information content (AvgIpc) is 3.37. The fourth-order valence-corrected chi connectivity index (χ4v) is 4.49. The molecule has 3 aromatic rings. The molecule has 1 amide bonds. The molecule has 0 aliphatic rings. The van der Waals surface area contributed by atoms with Crippen molar-refractivity contribution in [3.05, 3.63) is 29.6 Å². The van der Waals surface area contributed by atoms with Crippen LogP contribution in [0, 0.1) is 0 Å². The summed E-state index contributed by atoms with van der Waals surface area (Å²) in [5, 5.41) is 4.80. The zero-order valence-electron chi connectivity index (χ0n) is 21.3. The molecule has 3 rings (SSSR count). The molecule has 0 atom stereocenters. The number of nitrogens with two attached hydrogens (primary N) is 3. The molecule has 1 heterocycles. The maximum absolute atomic E-state index is 12.6. The number of nitrogens with zero attached hydrogens (tertiary/aromatic N) is 2. The molecule has 0 saturated heterocycles. The van der Waals surface area contributed by atoms with Crippen LogP contribution in [0.3, 0.4) is 0 Å². The molecule has 0 spiro atoms. The number of aromatic nitrogens is 1. The first-order valence-electron chi connectivity index (χ1n) is 11.4. The number of aliphatic imine (C=N–C) groups is 1.